The van der Waals surface area contributed by atoms with E-state index in [2.05, 4.69) is 15.4 Å². The molecule has 148 valence electrons. The highest BCUT2D eigenvalue weighted by molar-refractivity contribution is 6.04. The van der Waals surface area contributed by atoms with Crippen molar-refractivity contribution in [3.05, 3.63) is 51.5 Å². The summed E-state index contributed by atoms with van der Waals surface area (Å²) in [5.74, 6) is -0.440. The molecule has 0 saturated carbocycles. The maximum atomic E-state index is 14.2. The quantitative estimate of drug-likeness (QED) is 0.836. The molecule has 4 rings (SSSR count). The average molecular weight is 386 g/mol. The Labute approximate surface area is 162 Å². The fourth-order valence-corrected chi connectivity index (χ4v) is 3.81. The minimum absolute atomic E-state index is 0.0901. The third kappa shape index (κ3) is 3.56. The highest BCUT2D eigenvalue weighted by Gasteiger charge is 2.34. The number of aromatic nitrogens is 2. The molecule has 7 nitrogen and oxygen atoms in total. The number of nitrogens with one attached hydrogen (secondary N) is 1. The number of rotatable bonds is 5. The topological polar surface area (TPSA) is 85.6 Å². The number of carbonyl (C=O) groups excluding carboxylic acids is 1. The van der Waals surface area contributed by atoms with Gasteiger partial charge in [0.25, 0.3) is 5.56 Å². The summed E-state index contributed by atoms with van der Waals surface area (Å²) in [6.07, 6.45) is 7.00. The van der Waals surface area contributed by atoms with Gasteiger partial charge in [0, 0.05) is 37.4 Å². The zero-order valence-corrected chi connectivity index (χ0v) is 15.8. The van der Waals surface area contributed by atoms with Crippen LogP contribution in [0.1, 0.15) is 42.3 Å². The minimum Gasteiger partial charge on any atom is -0.381 e. The highest BCUT2D eigenvalue weighted by atomic mass is 19.1. The van der Waals surface area contributed by atoms with E-state index in [0.29, 0.717) is 35.3 Å². The van der Waals surface area contributed by atoms with Gasteiger partial charge in [0.1, 0.15) is 17.6 Å². The second-order valence-electron chi connectivity index (χ2n) is 7.38. The van der Waals surface area contributed by atoms with Crippen LogP contribution in [0.15, 0.2) is 34.0 Å². The van der Waals surface area contributed by atoms with Gasteiger partial charge in [-0.15, -0.1) is 0 Å². The Balaban J connectivity index is 1.44. The Morgan fingerprint density at radius 1 is 1.39 bits per heavy atom. The molecule has 0 radical (unpaired) electrons. The number of nitrogens with zero attached hydrogens (tertiary/aromatic N) is 3. The first kappa shape index (κ1) is 18.7. The third-order valence-corrected chi connectivity index (χ3v) is 5.49. The largest absolute Gasteiger partial charge is 0.381 e. The summed E-state index contributed by atoms with van der Waals surface area (Å²) in [5, 5.41) is 7.17. The lowest BCUT2D eigenvalue weighted by molar-refractivity contribution is -0.121. The molecular weight excluding hydrogens is 363 g/mol. The van der Waals surface area contributed by atoms with Gasteiger partial charge in [-0.2, -0.15) is 9.78 Å². The summed E-state index contributed by atoms with van der Waals surface area (Å²) in [7, 11) is 0. The minimum atomic E-state index is -0.715. The molecule has 0 bridgehead atoms. The molecule has 1 unspecified atom stereocenters. The number of carbonyl (C=O) groups is 1. The van der Waals surface area contributed by atoms with E-state index in [1.807, 2.05) is 0 Å². The normalized spacial score (nSPS) is 21.0. The second kappa shape index (κ2) is 7.79. The van der Waals surface area contributed by atoms with Crippen LogP contribution in [0.5, 0.6) is 0 Å². The molecule has 1 atom stereocenters. The Hall–Kier alpha value is -2.61. The molecule has 1 N–H and O–H groups in total. The predicted molar refractivity (Wildman–Crippen MR) is 102 cm³/mol. The van der Waals surface area contributed by atoms with Gasteiger partial charge in [-0.1, -0.05) is 6.08 Å². The molecule has 1 saturated heterocycles. The van der Waals surface area contributed by atoms with Crippen LogP contribution >= 0.6 is 0 Å². The fraction of sp³-hybridized carbons (Fsp3) is 0.500. The molecule has 1 aromatic heterocycles. The molecule has 0 aromatic carbocycles. The van der Waals surface area contributed by atoms with E-state index in [4.69, 9.17) is 4.74 Å². The number of halogens is 1. The van der Waals surface area contributed by atoms with Crippen molar-refractivity contribution in [1.82, 2.24) is 15.0 Å². The summed E-state index contributed by atoms with van der Waals surface area (Å²) in [4.78, 5) is 29.5. The van der Waals surface area contributed by atoms with Gasteiger partial charge in [-0.05, 0) is 44.3 Å². The summed E-state index contributed by atoms with van der Waals surface area (Å²) >= 11 is 0. The summed E-state index contributed by atoms with van der Waals surface area (Å²) in [6, 6.07) is 0. The van der Waals surface area contributed by atoms with Gasteiger partial charge in [0.05, 0.1) is 5.71 Å². The maximum absolute atomic E-state index is 14.2. The van der Waals surface area contributed by atoms with Gasteiger partial charge in [0.2, 0.25) is 5.91 Å². The number of aryl methyl sites for hydroxylation is 1. The van der Waals surface area contributed by atoms with Crippen molar-refractivity contribution in [2.75, 3.05) is 19.8 Å². The van der Waals surface area contributed by atoms with Crippen LogP contribution in [0, 0.1) is 12.8 Å². The standard InChI is InChI=1S/C20H23FN4O3/c1-12-14(5-6-17(26)22-11-13-7-9-28-10-8-13)20(27)25-19(23-12)18-15(21)3-2-4-16(18)24-25/h2-4,13,18H,5-11H2,1H3,(H,22,26). The molecule has 1 fully saturated rings. The monoisotopic (exact) mass is 386 g/mol. The first-order valence-corrected chi connectivity index (χ1v) is 9.64. The Morgan fingerprint density at radius 3 is 2.96 bits per heavy atom. The molecule has 3 aliphatic rings. The average Bonchev–Trinajstić information content (AvgIpc) is 3.07. The van der Waals surface area contributed by atoms with E-state index < -0.39 is 5.92 Å². The van der Waals surface area contributed by atoms with Crippen molar-refractivity contribution >= 4 is 11.6 Å². The SMILES string of the molecule is Cc1nc2n(c(=O)c1CCC(=O)NCC1CCOCC1)N=C1C=CC=C(F)C12. The summed E-state index contributed by atoms with van der Waals surface area (Å²) < 4.78 is 20.7. The van der Waals surface area contributed by atoms with Crippen LogP contribution < -0.4 is 10.9 Å². The van der Waals surface area contributed by atoms with Gasteiger partial charge in [0.15, 0.2) is 0 Å². The second-order valence-corrected chi connectivity index (χ2v) is 7.38. The Morgan fingerprint density at radius 2 is 2.18 bits per heavy atom. The Kier molecular flexibility index (Phi) is 5.21. The summed E-state index contributed by atoms with van der Waals surface area (Å²) in [5.41, 5.74) is 1.10. The lowest BCUT2D eigenvalue weighted by Gasteiger charge is -2.22. The molecule has 1 amide bonds. The molecule has 1 aliphatic carbocycles. The number of hydrogen-bond donors (Lipinski definition) is 1. The van der Waals surface area contributed by atoms with Crippen molar-refractivity contribution in [3.63, 3.8) is 0 Å². The zero-order valence-electron chi connectivity index (χ0n) is 15.8. The number of ether oxygens (including phenoxy) is 1. The van der Waals surface area contributed by atoms with Crippen LogP contribution in [0.25, 0.3) is 0 Å². The first-order valence-electron chi connectivity index (χ1n) is 9.64. The van der Waals surface area contributed by atoms with E-state index in [9.17, 15) is 14.0 Å². The molecule has 2 aliphatic heterocycles. The predicted octanol–water partition coefficient (Wildman–Crippen LogP) is 1.75. The lowest BCUT2D eigenvalue weighted by Crippen LogP contribution is -2.33. The third-order valence-electron chi connectivity index (χ3n) is 5.49. The molecule has 0 spiro atoms. The molecule has 3 heterocycles. The van der Waals surface area contributed by atoms with Gasteiger partial charge in [-0.3, -0.25) is 9.59 Å². The Bertz CT molecular complexity index is 942. The number of hydrogen-bond acceptors (Lipinski definition) is 5. The number of amides is 1. The van der Waals surface area contributed by atoms with Crippen LogP contribution in [-0.4, -0.2) is 41.0 Å². The van der Waals surface area contributed by atoms with Crippen molar-refractivity contribution in [2.45, 2.75) is 38.5 Å². The van der Waals surface area contributed by atoms with E-state index in [1.165, 1.54) is 10.8 Å². The lowest BCUT2D eigenvalue weighted by atomic mass is 9.97. The molecule has 8 heteroatoms. The van der Waals surface area contributed by atoms with Crippen molar-refractivity contribution in [1.29, 1.82) is 0 Å². The summed E-state index contributed by atoms with van der Waals surface area (Å²) in [6.45, 7) is 3.84. The fourth-order valence-electron chi connectivity index (χ4n) is 3.81. The van der Waals surface area contributed by atoms with Crippen molar-refractivity contribution in [3.8, 4) is 0 Å². The van der Waals surface area contributed by atoms with Crippen LogP contribution in [-0.2, 0) is 16.0 Å². The molecule has 28 heavy (non-hydrogen) atoms. The molecular formula is C20H23FN4O3. The maximum Gasteiger partial charge on any atom is 0.277 e. The van der Waals surface area contributed by atoms with Crippen molar-refractivity contribution < 1.29 is 13.9 Å². The van der Waals surface area contributed by atoms with E-state index >= 15 is 0 Å². The van der Waals surface area contributed by atoms with Crippen LogP contribution in [0.3, 0.4) is 0 Å². The van der Waals surface area contributed by atoms with Crippen molar-refractivity contribution in [2.24, 2.45) is 11.0 Å². The zero-order chi connectivity index (χ0) is 19.7. The van der Waals surface area contributed by atoms with Gasteiger partial charge in [-0.25, -0.2) is 9.37 Å². The van der Waals surface area contributed by atoms with E-state index in [1.54, 1.807) is 19.1 Å². The van der Waals surface area contributed by atoms with E-state index in [0.717, 1.165) is 26.1 Å². The number of fused-ring (bicyclic) bond motifs is 3. The van der Waals surface area contributed by atoms with Crippen LogP contribution in [0.2, 0.25) is 0 Å². The van der Waals surface area contributed by atoms with Gasteiger partial charge >= 0.3 is 0 Å². The van der Waals surface area contributed by atoms with Gasteiger partial charge < -0.3 is 10.1 Å². The first-order chi connectivity index (χ1) is 13.5. The smallest absolute Gasteiger partial charge is 0.277 e. The van der Waals surface area contributed by atoms with Crippen LogP contribution in [0.4, 0.5) is 4.39 Å². The highest BCUT2D eigenvalue weighted by Crippen LogP contribution is 2.33. The molecule has 1 aromatic rings. The number of allylic oxidation sites excluding steroid dienone is 4. The van der Waals surface area contributed by atoms with E-state index in [-0.39, 0.29) is 30.1 Å².